The van der Waals surface area contributed by atoms with Crippen molar-refractivity contribution in [2.75, 3.05) is 58.9 Å². The smallest absolute Gasteiger partial charge is 0.407 e. The number of carbonyl (C=O) groups is 9. The lowest BCUT2D eigenvalue weighted by Gasteiger charge is -2.27. The van der Waals surface area contributed by atoms with Crippen molar-refractivity contribution in [1.82, 2.24) is 47.9 Å². The lowest BCUT2D eigenvalue weighted by molar-refractivity contribution is -0.135. The number of nitrogens with one attached hydrogen (secondary N) is 9. The van der Waals surface area contributed by atoms with Crippen LogP contribution in [-0.2, 0) is 43.1 Å². The van der Waals surface area contributed by atoms with Gasteiger partial charge in [-0.2, -0.15) is 0 Å². The minimum Gasteiger partial charge on any atom is -0.444 e. The molecule has 24 nitrogen and oxygen atoms in total. The fourth-order valence-corrected chi connectivity index (χ4v) is 8.37. The van der Waals surface area contributed by atoms with E-state index in [4.69, 9.17) is 33.4 Å². The van der Waals surface area contributed by atoms with Crippen molar-refractivity contribution in [1.29, 1.82) is 0 Å². The highest BCUT2D eigenvalue weighted by atomic mass is 16.6. The highest BCUT2D eigenvalue weighted by Gasteiger charge is 2.32. The van der Waals surface area contributed by atoms with Gasteiger partial charge in [0.25, 0.3) is 0 Å². The van der Waals surface area contributed by atoms with Crippen LogP contribution in [0, 0.1) is 0 Å². The lowest BCUT2D eigenvalue weighted by atomic mass is 10.0. The molecule has 24 heteroatoms. The molecule has 0 saturated heterocycles. The largest absolute Gasteiger partial charge is 0.444 e. The van der Waals surface area contributed by atoms with Crippen molar-refractivity contribution in [3.05, 3.63) is 0 Å². The molecule has 0 aliphatic rings. The van der Waals surface area contributed by atoms with Crippen LogP contribution in [-0.4, -0.2) is 148 Å². The van der Waals surface area contributed by atoms with Crippen molar-refractivity contribution in [2.24, 2.45) is 28.7 Å². The van der Waals surface area contributed by atoms with Crippen LogP contribution in [0.5, 0.6) is 0 Å². The van der Waals surface area contributed by atoms with Crippen LogP contribution in [0.4, 0.5) is 4.79 Å². The van der Waals surface area contributed by atoms with Crippen LogP contribution in [0.15, 0.2) is 0 Å². The third-order valence-electron chi connectivity index (χ3n) is 12.8. The first-order valence-electron chi connectivity index (χ1n) is 29.6. The SMILES string of the molecule is CCNC(=O)CCCCCNC(=O)C(CCCCN)NC(=O)C(CCCCN)NC(=O)C(CCCCN)NC(=O)C(CCCCN)NC(=O)C(CCCCN)NC(=O)CCCCCNC(=O)CCCCCNC(=O)OC(C)(C)C. The molecule has 5 atom stereocenters. The molecule has 0 aromatic heterocycles. The van der Waals surface area contributed by atoms with E-state index in [0.29, 0.717) is 181 Å². The molecule has 19 N–H and O–H groups in total. The molecule has 9 amide bonds. The van der Waals surface area contributed by atoms with Crippen LogP contribution in [0.3, 0.4) is 0 Å². The molecule has 458 valence electrons. The Labute approximate surface area is 472 Å². The Balaban J connectivity index is 5.86. The summed E-state index contributed by atoms with van der Waals surface area (Å²) in [6.45, 7) is 10.9. The van der Waals surface area contributed by atoms with Gasteiger partial charge in [0.15, 0.2) is 0 Å². The maximum absolute atomic E-state index is 14.3. The van der Waals surface area contributed by atoms with E-state index in [0.717, 1.165) is 19.3 Å². The van der Waals surface area contributed by atoms with E-state index in [-0.39, 0.29) is 55.7 Å². The second kappa shape index (κ2) is 47.6. The van der Waals surface area contributed by atoms with E-state index in [9.17, 15) is 43.2 Å². The number of alkyl carbamates (subject to hydrolysis) is 1. The van der Waals surface area contributed by atoms with Gasteiger partial charge in [-0.15, -0.1) is 0 Å². The normalized spacial score (nSPS) is 13.1. The van der Waals surface area contributed by atoms with Gasteiger partial charge in [0.2, 0.25) is 47.3 Å². The zero-order chi connectivity index (χ0) is 59.1. The van der Waals surface area contributed by atoms with Gasteiger partial charge in [-0.3, -0.25) is 38.4 Å². The number of ether oxygens (including phenoxy) is 1. The number of nitrogens with two attached hydrogens (primary N) is 5. The third kappa shape index (κ3) is 40.6. The summed E-state index contributed by atoms with van der Waals surface area (Å²) in [5.74, 6) is -3.20. The Hall–Kier alpha value is -5.17. The average Bonchev–Trinajstić information content (AvgIpc) is 3.40. The van der Waals surface area contributed by atoms with Crippen LogP contribution < -0.4 is 76.5 Å². The summed E-state index contributed by atoms with van der Waals surface area (Å²) < 4.78 is 5.22. The van der Waals surface area contributed by atoms with E-state index in [2.05, 4.69) is 47.9 Å². The summed E-state index contributed by atoms with van der Waals surface area (Å²) in [6.07, 6.45) is 13.1. The average molecular weight is 1130 g/mol. The Bertz CT molecular complexity index is 1720. The van der Waals surface area contributed by atoms with Gasteiger partial charge in [0.1, 0.15) is 35.8 Å². The number of hydrogen-bond acceptors (Lipinski definition) is 15. The van der Waals surface area contributed by atoms with Crippen molar-refractivity contribution in [3.63, 3.8) is 0 Å². The van der Waals surface area contributed by atoms with Crippen molar-refractivity contribution >= 4 is 53.4 Å². The molecule has 5 unspecified atom stereocenters. The van der Waals surface area contributed by atoms with E-state index < -0.39 is 65.5 Å². The monoisotopic (exact) mass is 1120 g/mol. The molecule has 0 saturated carbocycles. The van der Waals surface area contributed by atoms with Crippen LogP contribution in [0.2, 0.25) is 0 Å². The summed E-state index contributed by atoms with van der Waals surface area (Å²) in [4.78, 5) is 119. The predicted molar refractivity (Wildman–Crippen MR) is 309 cm³/mol. The molecule has 0 bridgehead atoms. The Kier molecular flexibility index (Phi) is 44.5. The zero-order valence-corrected chi connectivity index (χ0v) is 48.8. The molecule has 0 heterocycles. The van der Waals surface area contributed by atoms with Crippen LogP contribution in [0.1, 0.15) is 201 Å². The molecule has 0 radical (unpaired) electrons. The predicted octanol–water partition coefficient (Wildman–Crippen LogP) is 1.63. The molecule has 0 aromatic carbocycles. The molecule has 0 aromatic rings. The topological polar surface area (TPSA) is 401 Å². The quantitative estimate of drug-likeness (QED) is 0.0385. The number of carbonyl (C=O) groups excluding carboxylic acids is 9. The zero-order valence-electron chi connectivity index (χ0n) is 48.8. The Morgan fingerprint density at radius 3 is 0.987 bits per heavy atom. The third-order valence-corrected chi connectivity index (χ3v) is 12.8. The standard InChI is InChI=1S/C55H108N14O10/c1-5-61-46(70)30-9-6-23-39-63-49(73)41(25-12-17-33-56)66-51(75)43(27-14-19-35-58)68-53(77)45(29-16-21-37-60)69-52(76)44(28-15-20-36-59)67-50(74)42(26-13-18-34-57)65-48(72)32-11-8-22-38-62-47(71)31-10-7-24-40-64-54(78)79-55(2,3)4/h41-45H,5-40,56-60H2,1-4H3,(H,61,70)(H,62,71)(H,63,73)(H,64,78)(H,65,72)(H,66,75)(H,67,74)(H,68,77)(H,69,76). The maximum atomic E-state index is 14.3. The van der Waals surface area contributed by atoms with E-state index in [1.807, 2.05) is 6.92 Å². The van der Waals surface area contributed by atoms with Gasteiger partial charge >= 0.3 is 6.09 Å². The summed E-state index contributed by atoms with van der Waals surface area (Å²) in [7, 11) is 0. The minimum atomic E-state index is -1.13. The van der Waals surface area contributed by atoms with Crippen molar-refractivity contribution in [3.8, 4) is 0 Å². The highest BCUT2D eigenvalue weighted by Crippen LogP contribution is 2.12. The number of amides is 9. The lowest BCUT2D eigenvalue weighted by Crippen LogP contribution is -2.59. The van der Waals surface area contributed by atoms with Crippen molar-refractivity contribution < 1.29 is 47.9 Å². The Morgan fingerprint density at radius 1 is 0.342 bits per heavy atom. The van der Waals surface area contributed by atoms with E-state index in [1.165, 1.54) is 0 Å². The van der Waals surface area contributed by atoms with Gasteiger partial charge in [0.05, 0.1) is 0 Å². The number of rotatable bonds is 49. The number of hydrogen-bond donors (Lipinski definition) is 14. The van der Waals surface area contributed by atoms with E-state index >= 15 is 0 Å². The minimum absolute atomic E-state index is 0.0184. The summed E-state index contributed by atoms with van der Waals surface area (Å²) in [6, 6.07) is -5.20. The first-order valence-corrected chi connectivity index (χ1v) is 29.6. The van der Waals surface area contributed by atoms with Gasteiger partial charge in [-0.1, -0.05) is 19.3 Å². The molecule has 0 aliphatic heterocycles. The van der Waals surface area contributed by atoms with Gasteiger partial charge in [-0.25, -0.2) is 4.79 Å². The second-order valence-electron chi connectivity index (χ2n) is 21.2. The molecule has 0 rings (SSSR count). The summed E-state index contributed by atoms with van der Waals surface area (Å²) in [5.41, 5.74) is 28.4. The van der Waals surface area contributed by atoms with Gasteiger partial charge < -0.3 is 81.3 Å². The van der Waals surface area contributed by atoms with Crippen LogP contribution in [0.25, 0.3) is 0 Å². The molecule has 0 spiro atoms. The molecular weight excluding hydrogens is 1020 g/mol. The molecule has 0 aliphatic carbocycles. The molecular formula is C55H108N14O10. The second-order valence-corrected chi connectivity index (χ2v) is 21.2. The van der Waals surface area contributed by atoms with Crippen molar-refractivity contribution in [2.45, 2.75) is 237 Å². The molecule has 79 heavy (non-hydrogen) atoms. The van der Waals surface area contributed by atoms with E-state index in [1.54, 1.807) is 20.8 Å². The molecule has 0 fully saturated rings. The summed E-state index contributed by atoms with van der Waals surface area (Å²) in [5, 5.41) is 25.5. The number of unbranched alkanes of at least 4 members (excludes halogenated alkanes) is 11. The fourth-order valence-electron chi connectivity index (χ4n) is 8.37. The van der Waals surface area contributed by atoms with Gasteiger partial charge in [-0.05, 0) is 195 Å². The highest BCUT2D eigenvalue weighted by molar-refractivity contribution is 5.96. The maximum Gasteiger partial charge on any atom is 0.407 e. The first-order chi connectivity index (χ1) is 37.8. The fraction of sp³-hybridized carbons (Fsp3) is 0.836. The summed E-state index contributed by atoms with van der Waals surface area (Å²) >= 11 is 0. The first kappa shape index (κ1) is 73.8. The van der Waals surface area contributed by atoms with Crippen LogP contribution >= 0.6 is 0 Å². The Morgan fingerprint density at radius 2 is 0.646 bits per heavy atom. The van der Waals surface area contributed by atoms with Gasteiger partial charge in [0, 0.05) is 45.4 Å².